The van der Waals surface area contributed by atoms with Crippen molar-refractivity contribution < 1.29 is 19.1 Å². The van der Waals surface area contributed by atoms with Crippen molar-refractivity contribution in [3.05, 3.63) is 59.8 Å². The molecule has 2 aliphatic heterocycles. The number of rotatable bonds is 6. The molecule has 39 heavy (non-hydrogen) atoms. The van der Waals surface area contributed by atoms with Gasteiger partial charge in [-0.25, -0.2) is 0 Å². The van der Waals surface area contributed by atoms with E-state index >= 15 is 0 Å². The summed E-state index contributed by atoms with van der Waals surface area (Å²) in [4.78, 5) is 44.2. The van der Waals surface area contributed by atoms with E-state index in [1.54, 1.807) is 24.8 Å². The van der Waals surface area contributed by atoms with Gasteiger partial charge < -0.3 is 24.4 Å². The number of hydrogen-bond acceptors (Lipinski definition) is 5. The van der Waals surface area contributed by atoms with Gasteiger partial charge in [-0.2, -0.15) is 5.26 Å². The van der Waals surface area contributed by atoms with Gasteiger partial charge in [-0.05, 0) is 42.2 Å². The molecule has 0 radical (unpaired) electrons. The van der Waals surface area contributed by atoms with E-state index in [9.17, 15) is 19.6 Å². The maximum atomic E-state index is 14.2. The first-order chi connectivity index (χ1) is 18.6. The van der Waals surface area contributed by atoms with Gasteiger partial charge >= 0.3 is 0 Å². The molecule has 1 fully saturated rings. The molecule has 1 aromatic heterocycles. The zero-order valence-corrected chi connectivity index (χ0v) is 22.9. The molecule has 1 unspecified atom stereocenters. The van der Waals surface area contributed by atoms with Gasteiger partial charge in [-0.1, -0.05) is 38.1 Å². The van der Waals surface area contributed by atoms with E-state index in [1.165, 1.54) is 9.80 Å². The van der Waals surface area contributed by atoms with Crippen molar-refractivity contribution in [1.82, 2.24) is 14.4 Å². The second-order valence-electron chi connectivity index (χ2n) is 10.9. The average Bonchev–Trinajstić information content (AvgIpc) is 3.58. The standard InChI is InChI=1S/C30H33N5O4/c1-18(2)13-24(34(4)27(36)25-14-20-23(33(25)3)11-8-12-26(20)39-5)28(37)35-17-30(15-19(35)16-31)21-9-6-7-10-22(21)32-29(30)38/h6-12,14,18-19,24H,13,15,17H2,1-5H3,(H,32,38)/t19-,24?,30-/m0/s1. The molecule has 9 nitrogen and oxygen atoms in total. The minimum atomic E-state index is -0.982. The Balaban J connectivity index is 1.48. The number of ether oxygens (including phenoxy) is 1. The third-order valence-corrected chi connectivity index (χ3v) is 8.17. The van der Waals surface area contributed by atoms with Crippen LogP contribution in [0, 0.1) is 17.2 Å². The number of methoxy groups -OCH3 is 1. The number of benzene rings is 2. The highest BCUT2D eigenvalue weighted by atomic mass is 16.5. The minimum Gasteiger partial charge on any atom is -0.496 e. The van der Waals surface area contributed by atoms with E-state index in [4.69, 9.17) is 4.74 Å². The summed E-state index contributed by atoms with van der Waals surface area (Å²) in [5, 5.41) is 13.8. The lowest BCUT2D eigenvalue weighted by Crippen LogP contribution is -2.52. The van der Waals surface area contributed by atoms with E-state index in [1.807, 2.05) is 63.4 Å². The fourth-order valence-electron chi connectivity index (χ4n) is 6.09. The Morgan fingerprint density at radius 1 is 1.23 bits per heavy atom. The quantitative estimate of drug-likeness (QED) is 0.526. The molecule has 3 amide bonds. The average molecular weight is 528 g/mol. The van der Waals surface area contributed by atoms with Gasteiger partial charge in [0, 0.05) is 38.1 Å². The molecule has 3 atom stereocenters. The Hall–Kier alpha value is -4.32. The molecule has 3 heterocycles. The summed E-state index contributed by atoms with van der Waals surface area (Å²) in [6, 6.07) is 15.5. The first-order valence-corrected chi connectivity index (χ1v) is 13.1. The number of likely N-dealkylation sites (N-methyl/N-ethyl adjacent to an activating group) is 1. The van der Waals surface area contributed by atoms with Gasteiger partial charge in [-0.3, -0.25) is 14.4 Å². The number of anilines is 1. The lowest BCUT2D eigenvalue weighted by atomic mass is 9.80. The number of carbonyl (C=O) groups is 3. The third kappa shape index (κ3) is 4.11. The van der Waals surface area contributed by atoms with Crippen molar-refractivity contribution in [3.8, 4) is 11.8 Å². The molecule has 0 saturated carbocycles. The van der Waals surface area contributed by atoms with Crippen molar-refractivity contribution in [2.75, 3.05) is 26.0 Å². The number of amides is 3. The minimum absolute atomic E-state index is 0.0920. The smallest absolute Gasteiger partial charge is 0.270 e. The molecular formula is C30H33N5O4. The van der Waals surface area contributed by atoms with Crippen molar-refractivity contribution in [3.63, 3.8) is 0 Å². The summed E-state index contributed by atoms with van der Waals surface area (Å²) in [6.07, 6.45) is 0.631. The molecular weight excluding hydrogens is 494 g/mol. The molecule has 202 valence electrons. The number of nitriles is 1. The van der Waals surface area contributed by atoms with Crippen LogP contribution < -0.4 is 10.1 Å². The van der Waals surface area contributed by atoms with E-state index in [0.29, 0.717) is 23.6 Å². The number of hydrogen-bond donors (Lipinski definition) is 1. The Kier molecular flexibility index (Phi) is 6.59. The Morgan fingerprint density at radius 3 is 2.67 bits per heavy atom. The van der Waals surface area contributed by atoms with Crippen LogP contribution in [-0.2, 0) is 22.1 Å². The molecule has 1 N–H and O–H groups in total. The van der Waals surface area contributed by atoms with E-state index in [0.717, 1.165) is 16.5 Å². The largest absolute Gasteiger partial charge is 0.496 e. The van der Waals surface area contributed by atoms with Gasteiger partial charge in [0.15, 0.2) is 0 Å². The van der Waals surface area contributed by atoms with Crippen molar-refractivity contribution in [2.24, 2.45) is 13.0 Å². The van der Waals surface area contributed by atoms with Crippen molar-refractivity contribution in [2.45, 2.75) is 44.2 Å². The maximum Gasteiger partial charge on any atom is 0.270 e. The molecule has 2 aromatic carbocycles. The van der Waals surface area contributed by atoms with Crippen LogP contribution in [0.3, 0.4) is 0 Å². The zero-order chi connectivity index (χ0) is 28.1. The SMILES string of the molecule is COc1cccc2c1cc(C(=O)N(C)C(CC(C)C)C(=O)N1C[C@]3(C[C@H]1C#N)C(=O)Nc1ccccc13)n2C. The van der Waals surface area contributed by atoms with E-state index in [-0.39, 0.29) is 36.6 Å². The highest BCUT2D eigenvalue weighted by Crippen LogP contribution is 2.46. The fourth-order valence-corrected chi connectivity index (χ4v) is 6.09. The molecule has 0 aliphatic carbocycles. The van der Waals surface area contributed by atoms with E-state index < -0.39 is 17.5 Å². The van der Waals surface area contributed by atoms with Gasteiger partial charge in [0.1, 0.15) is 23.5 Å². The van der Waals surface area contributed by atoms with Crippen LogP contribution in [0.1, 0.15) is 42.7 Å². The Morgan fingerprint density at radius 2 is 1.97 bits per heavy atom. The highest BCUT2D eigenvalue weighted by Gasteiger charge is 2.56. The van der Waals surface area contributed by atoms with Crippen LogP contribution in [-0.4, -0.2) is 64.9 Å². The van der Waals surface area contributed by atoms with Gasteiger partial charge in [0.05, 0.1) is 24.1 Å². The molecule has 1 saturated heterocycles. The molecule has 2 aliphatic rings. The predicted octanol–water partition coefficient (Wildman–Crippen LogP) is 3.69. The summed E-state index contributed by atoms with van der Waals surface area (Å²) in [5.74, 6) is -0.0606. The topological polar surface area (TPSA) is 108 Å². The fraction of sp³-hybridized carbons (Fsp3) is 0.400. The highest BCUT2D eigenvalue weighted by molar-refractivity contribution is 6.07. The number of carbonyl (C=O) groups excluding carboxylic acids is 3. The normalized spacial score (nSPS) is 20.7. The van der Waals surface area contributed by atoms with Crippen LogP contribution in [0.4, 0.5) is 5.69 Å². The number of aromatic nitrogens is 1. The monoisotopic (exact) mass is 527 g/mol. The number of aryl methyl sites for hydroxylation is 1. The Bertz CT molecular complexity index is 1520. The molecule has 1 spiro atoms. The molecule has 3 aromatic rings. The van der Waals surface area contributed by atoms with Crippen molar-refractivity contribution in [1.29, 1.82) is 5.26 Å². The summed E-state index contributed by atoms with van der Waals surface area (Å²) >= 11 is 0. The van der Waals surface area contributed by atoms with Crippen LogP contribution in [0.5, 0.6) is 5.75 Å². The summed E-state index contributed by atoms with van der Waals surface area (Å²) in [5.41, 5.74) is 1.81. The van der Waals surface area contributed by atoms with Crippen molar-refractivity contribution >= 4 is 34.3 Å². The van der Waals surface area contributed by atoms with Gasteiger partial charge in [-0.15, -0.1) is 0 Å². The number of para-hydroxylation sites is 1. The van der Waals surface area contributed by atoms with Crippen LogP contribution in [0.25, 0.3) is 10.9 Å². The lowest BCUT2D eigenvalue weighted by Gasteiger charge is -2.33. The first-order valence-electron chi connectivity index (χ1n) is 13.1. The number of likely N-dealkylation sites (tertiary alicyclic amines) is 1. The number of fused-ring (bicyclic) bond motifs is 3. The zero-order valence-electron chi connectivity index (χ0n) is 22.9. The van der Waals surface area contributed by atoms with Gasteiger partial charge in [0.25, 0.3) is 5.91 Å². The van der Waals surface area contributed by atoms with Crippen LogP contribution in [0.2, 0.25) is 0 Å². The van der Waals surface area contributed by atoms with Gasteiger partial charge in [0.2, 0.25) is 11.8 Å². The molecule has 9 heteroatoms. The number of nitrogens with zero attached hydrogens (tertiary/aromatic N) is 4. The third-order valence-electron chi connectivity index (χ3n) is 8.17. The molecule has 0 bridgehead atoms. The maximum absolute atomic E-state index is 14.2. The number of nitrogens with one attached hydrogen (secondary N) is 1. The Labute approximate surface area is 227 Å². The summed E-state index contributed by atoms with van der Waals surface area (Å²) in [7, 11) is 5.03. The second-order valence-corrected chi connectivity index (χ2v) is 10.9. The van der Waals surface area contributed by atoms with Crippen LogP contribution in [0.15, 0.2) is 48.5 Å². The van der Waals surface area contributed by atoms with E-state index in [2.05, 4.69) is 11.4 Å². The second kappa shape index (κ2) is 9.77. The first kappa shape index (κ1) is 26.3. The van der Waals surface area contributed by atoms with Crippen LogP contribution >= 0.6 is 0 Å². The predicted molar refractivity (Wildman–Crippen MR) is 147 cm³/mol. The summed E-state index contributed by atoms with van der Waals surface area (Å²) < 4.78 is 7.29. The lowest BCUT2D eigenvalue weighted by molar-refractivity contribution is -0.136. The molecule has 5 rings (SSSR count). The summed E-state index contributed by atoms with van der Waals surface area (Å²) in [6.45, 7) is 4.08.